The minimum absolute atomic E-state index is 0.0877. The average Bonchev–Trinajstić information content (AvgIpc) is 2.26. The molecule has 0 fully saturated rings. The van der Waals surface area contributed by atoms with Gasteiger partial charge in [0.1, 0.15) is 11.6 Å². The highest BCUT2D eigenvalue weighted by atomic mass is 19.1. The number of nitrogens with one attached hydrogen (secondary N) is 1. The van der Waals surface area contributed by atoms with Crippen LogP contribution in [-0.2, 0) is 4.74 Å². The summed E-state index contributed by atoms with van der Waals surface area (Å²) in [5.74, 6) is -1.04. The largest absolute Gasteiger partial charge is 0.382 e. The molecular weight excluding hydrogens is 212 g/mol. The molecule has 1 unspecified atom stereocenters. The zero-order valence-corrected chi connectivity index (χ0v) is 9.59. The van der Waals surface area contributed by atoms with Crippen LogP contribution in [-0.4, -0.2) is 20.3 Å². The Morgan fingerprint density at radius 3 is 2.44 bits per heavy atom. The van der Waals surface area contributed by atoms with Crippen LogP contribution >= 0.6 is 0 Å². The molecule has 0 radical (unpaired) electrons. The summed E-state index contributed by atoms with van der Waals surface area (Å²) in [5.41, 5.74) is 0.0877. The molecule has 0 bridgehead atoms. The highest BCUT2D eigenvalue weighted by Gasteiger charge is 2.17. The molecule has 0 saturated heterocycles. The van der Waals surface area contributed by atoms with Crippen LogP contribution in [0.25, 0.3) is 0 Å². The highest BCUT2D eigenvalue weighted by molar-refractivity contribution is 5.23. The van der Waals surface area contributed by atoms with Crippen LogP contribution in [0.1, 0.15) is 24.9 Å². The summed E-state index contributed by atoms with van der Waals surface area (Å²) in [6.45, 7) is 2.98. The third-order valence-corrected chi connectivity index (χ3v) is 2.45. The molecule has 1 rings (SSSR count). The van der Waals surface area contributed by atoms with Crippen LogP contribution in [0.3, 0.4) is 0 Å². The number of hydrogen-bond acceptors (Lipinski definition) is 2. The van der Waals surface area contributed by atoms with Gasteiger partial charge in [-0.1, -0.05) is 6.07 Å². The van der Waals surface area contributed by atoms with Gasteiger partial charge in [0.25, 0.3) is 0 Å². The molecule has 2 nitrogen and oxygen atoms in total. The first-order valence-electron chi connectivity index (χ1n) is 5.39. The number of halogens is 2. The molecule has 1 atom stereocenters. The second kappa shape index (κ2) is 6.55. The third kappa shape index (κ3) is 3.25. The molecule has 0 aliphatic rings. The Morgan fingerprint density at radius 2 is 1.94 bits per heavy atom. The Hall–Kier alpha value is -1.00. The Labute approximate surface area is 94.6 Å². The standard InChI is InChI=1S/C12H17F2NO/c1-3-16-8-7-11(15-2)12-9(13)5-4-6-10(12)14/h4-6,11,15H,3,7-8H2,1-2H3. The predicted octanol–water partition coefficient (Wildman–Crippen LogP) is 2.65. The zero-order valence-electron chi connectivity index (χ0n) is 9.59. The number of ether oxygens (including phenoxy) is 1. The van der Waals surface area contributed by atoms with E-state index >= 15 is 0 Å². The topological polar surface area (TPSA) is 21.3 Å². The fraction of sp³-hybridized carbons (Fsp3) is 0.500. The van der Waals surface area contributed by atoms with Gasteiger partial charge in [-0.15, -0.1) is 0 Å². The fourth-order valence-electron chi connectivity index (χ4n) is 1.62. The van der Waals surface area contributed by atoms with Crippen LogP contribution in [0.2, 0.25) is 0 Å². The predicted molar refractivity (Wildman–Crippen MR) is 59.3 cm³/mol. The first-order chi connectivity index (χ1) is 7.70. The lowest BCUT2D eigenvalue weighted by Crippen LogP contribution is -2.21. The third-order valence-electron chi connectivity index (χ3n) is 2.45. The van der Waals surface area contributed by atoms with E-state index in [2.05, 4.69) is 5.32 Å². The smallest absolute Gasteiger partial charge is 0.130 e. The Morgan fingerprint density at radius 1 is 1.31 bits per heavy atom. The van der Waals surface area contributed by atoms with E-state index in [0.717, 1.165) is 0 Å². The van der Waals surface area contributed by atoms with Crippen LogP contribution < -0.4 is 5.32 Å². The molecule has 0 amide bonds. The summed E-state index contributed by atoms with van der Waals surface area (Å²) in [7, 11) is 1.68. The van der Waals surface area contributed by atoms with Gasteiger partial charge in [0.15, 0.2) is 0 Å². The maximum Gasteiger partial charge on any atom is 0.130 e. The molecule has 4 heteroatoms. The molecule has 0 aromatic heterocycles. The molecule has 0 saturated carbocycles. The molecule has 0 aliphatic carbocycles. The van der Waals surface area contributed by atoms with Crippen molar-refractivity contribution in [1.82, 2.24) is 5.32 Å². The van der Waals surface area contributed by atoms with Gasteiger partial charge < -0.3 is 10.1 Å². The summed E-state index contributed by atoms with van der Waals surface area (Å²) in [6, 6.07) is 3.55. The molecule has 16 heavy (non-hydrogen) atoms. The summed E-state index contributed by atoms with van der Waals surface area (Å²) in [4.78, 5) is 0. The summed E-state index contributed by atoms with van der Waals surface area (Å²) in [6.07, 6.45) is 0.544. The molecule has 1 aromatic rings. The van der Waals surface area contributed by atoms with E-state index in [1.54, 1.807) is 7.05 Å². The second-order valence-corrected chi connectivity index (χ2v) is 3.46. The minimum Gasteiger partial charge on any atom is -0.382 e. The van der Waals surface area contributed by atoms with E-state index in [1.807, 2.05) is 6.92 Å². The lowest BCUT2D eigenvalue weighted by molar-refractivity contribution is 0.136. The Bertz CT molecular complexity index is 311. The van der Waals surface area contributed by atoms with Crippen molar-refractivity contribution in [3.63, 3.8) is 0 Å². The van der Waals surface area contributed by atoms with Gasteiger partial charge in [-0.05, 0) is 32.5 Å². The Kier molecular flexibility index (Phi) is 5.35. The van der Waals surface area contributed by atoms with E-state index in [9.17, 15) is 8.78 Å². The monoisotopic (exact) mass is 229 g/mol. The lowest BCUT2D eigenvalue weighted by Gasteiger charge is -2.17. The van der Waals surface area contributed by atoms with Gasteiger partial charge in [0.05, 0.1) is 0 Å². The maximum absolute atomic E-state index is 13.5. The normalized spacial score (nSPS) is 12.8. The van der Waals surface area contributed by atoms with Crippen LogP contribution in [0, 0.1) is 11.6 Å². The van der Waals surface area contributed by atoms with E-state index < -0.39 is 11.6 Å². The minimum atomic E-state index is -0.518. The molecule has 1 N–H and O–H groups in total. The first-order valence-corrected chi connectivity index (χ1v) is 5.39. The number of hydrogen-bond donors (Lipinski definition) is 1. The summed E-state index contributed by atoms with van der Waals surface area (Å²) in [5, 5.41) is 2.90. The van der Waals surface area contributed by atoms with Gasteiger partial charge in [0.2, 0.25) is 0 Å². The van der Waals surface area contributed by atoms with Gasteiger partial charge in [-0.25, -0.2) is 8.78 Å². The lowest BCUT2D eigenvalue weighted by atomic mass is 10.0. The molecule has 0 heterocycles. The highest BCUT2D eigenvalue weighted by Crippen LogP contribution is 2.22. The Balaban J connectivity index is 2.78. The first kappa shape index (κ1) is 13.1. The van der Waals surface area contributed by atoms with Crippen LogP contribution in [0.4, 0.5) is 8.78 Å². The average molecular weight is 229 g/mol. The van der Waals surface area contributed by atoms with Gasteiger partial charge >= 0.3 is 0 Å². The van der Waals surface area contributed by atoms with E-state index in [-0.39, 0.29) is 11.6 Å². The maximum atomic E-state index is 13.5. The van der Waals surface area contributed by atoms with Crippen LogP contribution in [0.15, 0.2) is 18.2 Å². The number of rotatable bonds is 6. The van der Waals surface area contributed by atoms with Crippen molar-refractivity contribution < 1.29 is 13.5 Å². The van der Waals surface area contributed by atoms with E-state index in [4.69, 9.17) is 4.74 Å². The van der Waals surface area contributed by atoms with E-state index in [0.29, 0.717) is 19.6 Å². The molecule has 1 aromatic carbocycles. The van der Waals surface area contributed by atoms with Crippen molar-refractivity contribution in [3.05, 3.63) is 35.4 Å². The SMILES string of the molecule is CCOCCC(NC)c1c(F)cccc1F. The van der Waals surface area contributed by atoms with Crippen molar-refractivity contribution in [2.75, 3.05) is 20.3 Å². The van der Waals surface area contributed by atoms with Crippen LogP contribution in [0.5, 0.6) is 0 Å². The van der Waals surface area contributed by atoms with Crippen molar-refractivity contribution in [2.45, 2.75) is 19.4 Å². The quantitative estimate of drug-likeness (QED) is 0.757. The van der Waals surface area contributed by atoms with Crippen molar-refractivity contribution in [2.24, 2.45) is 0 Å². The van der Waals surface area contributed by atoms with Gasteiger partial charge in [-0.3, -0.25) is 0 Å². The molecular formula is C12H17F2NO. The summed E-state index contributed by atoms with van der Waals surface area (Å²) >= 11 is 0. The molecule has 0 spiro atoms. The molecule has 0 aliphatic heterocycles. The fourth-order valence-corrected chi connectivity index (χ4v) is 1.62. The van der Waals surface area contributed by atoms with Crippen molar-refractivity contribution in [3.8, 4) is 0 Å². The number of benzene rings is 1. The van der Waals surface area contributed by atoms with E-state index in [1.165, 1.54) is 18.2 Å². The van der Waals surface area contributed by atoms with Crippen molar-refractivity contribution in [1.29, 1.82) is 0 Å². The molecule has 90 valence electrons. The van der Waals surface area contributed by atoms with Crippen molar-refractivity contribution >= 4 is 0 Å². The van der Waals surface area contributed by atoms with Gasteiger partial charge in [0, 0.05) is 24.8 Å². The second-order valence-electron chi connectivity index (χ2n) is 3.46. The summed E-state index contributed by atoms with van der Waals surface area (Å²) < 4.78 is 32.1. The van der Waals surface area contributed by atoms with Gasteiger partial charge in [-0.2, -0.15) is 0 Å². The zero-order chi connectivity index (χ0) is 12.0.